The van der Waals surface area contributed by atoms with Gasteiger partial charge in [0.1, 0.15) is 0 Å². The third kappa shape index (κ3) is 3.27. The Morgan fingerprint density at radius 1 is 1.16 bits per heavy atom. The Morgan fingerprint density at radius 2 is 1.88 bits per heavy atom. The summed E-state index contributed by atoms with van der Waals surface area (Å²) in [4.78, 5) is 24.8. The van der Waals surface area contributed by atoms with E-state index >= 15 is 0 Å². The molecule has 0 amide bonds. The number of aromatic nitrogens is 3. The highest BCUT2D eigenvalue weighted by Crippen LogP contribution is 2.44. The molecule has 0 aliphatic heterocycles. The van der Waals surface area contributed by atoms with Crippen LogP contribution in [0.5, 0.6) is 0 Å². The predicted octanol–water partition coefficient (Wildman–Crippen LogP) is 3.07. The lowest BCUT2D eigenvalue weighted by Crippen LogP contribution is -2.24. The second-order valence-electron chi connectivity index (χ2n) is 7.09. The van der Waals surface area contributed by atoms with Crippen LogP contribution in [-0.2, 0) is 14.1 Å². The van der Waals surface area contributed by atoms with Crippen molar-refractivity contribution in [3.05, 3.63) is 60.3 Å². The molecular formula is C19H20BrN3O2. The Balaban J connectivity index is 1.86. The Bertz CT molecular complexity index is 995. The molecule has 5 nitrogen and oxygen atoms in total. The van der Waals surface area contributed by atoms with Gasteiger partial charge in [-0.2, -0.15) is 5.10 Å². The normalized spacial score (nSPS) is 17.8. The number of aryl methyl sites for hydroxylation is 2. The first kappa shape index (κ1) is 16.5. The van der Waals surface area contributed by atoms with E-state index in [0.717, 1.165) is 47.0 Å². The Hall–Kier alpha value is -1.95. The van der Waals surface area contributed by atoms with Gasteiger partial charge in [-0.3, -0.25) is 9.59 Å². The molecular weight excluding hydrogens is 382 g/mol. The van der Waals surface area contributed by atoms with E-state index in [1.165, 1.54) is 4.68 Å². The maximum atomic E-state index is 12.5. The standard InChI is InChI=1S/C19H20BrN3O2/c1-22-10-14(20)7-13(18(22)24)8-15(11-3-4-11)17-9-16(12-5-6-12)19(25)23(2)21-17/h7-12H,3-6H2,1-2H3/b15-8-. The molecule has 2 aliphatic carbocycles. The molecule has 4 rings (SSSR count). The van der Waals surface area contributed by atoms with Gasteiger partial charge in [0.2, 0.25) is 0 Å². The summed E-state index contributed by atoms with van der Waals surface area (Å²) in [6.07, 6.45) is 8.06. The van der Waals surface area contributed by atoms with Crippen molar-refractivity contribution in [3.63, 3.8) is 0 Å². The molecule has 0 bridgehead atoms. The Labute approximate surface area is 154 Å². The van der Waals surface area contributed by atoms with Gasteiger partial charge in [-0.15, -0.1) is 0 Å². The first-order valence-electron chi connectivity index (χ1n) is 8.60. The lowest BCUT2D eigenvalue weighted by atomic mass is 10.0. The van der Waals surface area contributed by atoms with Crippen molar-refractivity contribution in [2.75, 3.05) is 0 Å². The average molecular weight is 402 g/mol. The van der Waals surface area contributed by atoms with Crippen molar-refractivity contribution >= 4 is 27.6 Å². The lowest BCUT2D eigenvalue weighted by Gasteiger charge is -2.10. The van der Waals surface area contributed by atoms with Crippen molar-refractivity contribution in [2.24, 2.45) is 20.0 Å². The van der Waals surface area contributed by atoms with Gasteiger partial charge in [-0.05, 0) is 77.2 Å². The molecule has 2 aliphatic rings. The third-order valence-corrected chi connectivity index (χ3v) is 5.34. The molecule has 0 aromatic carbocycles. The predicted molar refractivity (Wildman–Crippen MR) is 101 cm³/mol. The van der Waals surface area contributed by atoms with Gasteiger partial charge < -0.3 is 4.57 Å². The van der Waals surface area contributed by atoms with E-state index in [4.69, 9.17) is 0 Å². The van der Waals surface area contributed by atoms with Gasteiger partial charge in [0.25, 0.3) is 11.1 Å². The van der Waals surface area contributed by atoms with Crippen molar-refractivity contribution in [1.82, 2.24) is 14.3 Å². The number of pyridine rings is 1. The first-order chi connectivity index (χ1) is 11.9. The molecule has 2 saturated carbocycles. The summed E-state index contributed by atoms with van der Waals surface area (Å²) in [6, 6.07) is 3.79. The second kappa shape index (κ2) is 6.09. The zero-order valence-electron chi connectivity index (χ0n) is 14.3. The van der Waals surface area contributed by atoms with Crippen LogP contribution >= 0.6 is 15.9 Å². The number of halogens is 1. The van der Waals surface area contributed by atoms with Crippen molar-refractivity contribution in [3.8, 4) is 0 Å². The fourth-order valence-corrected chi connectivity index (χ4v) is 3.77. The third-order valence-electron chi connectivity index (χ3n) is 4.91. The Kier molecular flexibility index (Phi) is 4.02. The number of allylic oxidation sites excluding steroid dienone is 1. The van der Waals surface area contributed by atoms with Crippen LogP contribution in [0.3, 0.4) is 0 Å². The molecule has 0 saturated heterocycles. The summed E-state index contributed by atoms with van der Waals surface area (Å²) in [5.74, 6) is 0.792. The van der Waals surface area contributed by atoms with Gasteiger partial charge >= 0.3 is 0 Å². The van der Waals surface area contributed by atoms with Crippen LogP contribution in [0, 0.1) is 5.92 Å². The summed E-state index contributed by atoms with van der Waals surface area (Å²) in [5.41, 5.74) is 3.36. The topological polar surface area (TPSA) is 56.9 Å². The van der Waals surface area contributed by atoms with Gasteiger partial charge in [-0.25, -0.2) is 4.68 Å². The molecule has 2 aromatic rings. The van der Waals surface area contributed by atoms with Gasteiger partial charge in [-0.1, -0.05) is 0 Å². The molecule has 0 unspecified atom stereocenters. The van der Waals surface area contributed by atoms with Gasteiger partial charge in [0.15, 0.2) is 0 Å². The number of hydrogen-bond donors (Lipinski definition) is 0. The average Bonchev–Trinajstić information content (AvgIpc) is 3.45. The van der Waals surface area contributed by atoms with E-state index in [0.29, 0.717) is 17.4 Å². The molecule has 25 heavy (non-hydrogen) atoms. The van der Waals surface area contributed by atoms with Crippen LogP contribution in [0.25, 0.3) is 11.6 Å². The van der Waals surface area contributed by atoms with Crippen LogP contribution < -0.4 is 11.1 Å². The van der Waals surface area contributed by atoms with E-state index < -0.39 is 0 Å². The molecule has 2 fully saturated rings. The van der Waals surface area contributed by atoms with Crippen molar-refractivity contribution in [1.29, 1.82) is 0 Å². The minimum atomic E-state index is -0.0337. The largest absolute Gasteiger partial charge is 0.317 e. The van der Waals surface area contributed by atoms with Gasteiger partial charge in [0.05, 0.1) is 5.69 Å². The summed E-state index contributed by atoms with van der Waals surface area (Å²) in [6.45, 7) is 0. The van der Waals surface area contributed by atoms with E-state index in [-0.39, 0.29) is 11.1 Å². The summed E-state index contributed by atoms with van der Waals surface area (Å²) in [5, 5.41) is 4.49. The molecule has 6 heteroatoms. The highest BCUT2D eigenvalue weighted by molar-refractivity contribution is 9.10. The molecule has 0 N–H and O–H groups in total. The minimum absolute atomic E-state index is 0.000216. The highest BCUT2D eigenvalue weighted by Gasteiger charge is 2.31. The maximum absolute atomic E-state index is 12.5. The zero-order valence-corrected chi connectivity index (χ0v) is 15.9. The van der Waals surface area contributed by atoms with Crippen LogP contribution in [0.15, 0.2) is 32.4 Å². The fourth-order valence-electron chi connectivity index (χ4n) is 3.22. The van der Waals surface area contributed by atoms with Crippen LogP contribution in [0.2, 0.25) is 0 Å². The monoisotopic (exact) mass is 401 g/mol. The first-order valence-corrected chi connectivity index (χ1v) is 9.39. The minimum Gasteiger partial charge on any atom is -0.317 e. The van der Waals surface area contributed by atoms with E-state index in [2.05, 4.69) is 21.0 Å². The van der Waals surface area contributed by atoms with E-state index in [1.807, 2.05) is 18.2 Å². The molecule has 0 radical (unpaired) electrons. The number of nitrogens with zero attached hydrogens (tertiary/aromatic N) is 3. The lowest BCUT2D eigenvalue weighted by molar-refractivity contribution is 0.685. The second-order valence-corrected chi connectivity index (χ2v) is 8.01. The smallest absolute Gasteiger partial charge is 0.269 e. The van der Waals surface area contributed by atoms with Crippen molar-refractivity contribution in [2.45, 2.75) is 31.6 Å². The molecule has 2 heterocycles. The SMILES string of the molecule is Cn1cc(Br)cc(/C=C(\c2cc(C3CC3)c(=O)n(C)n2)C2CC2)c1=O. The van der Waals surface area contributed by atoms with E-state index in [9.17, 15) is 9.59 Å². The molecule has 2 aromatic heterocycles. The molecule has 0 spiro atoms. The fraction of sp³-hybridized carbons (Fsp3) is 0.421. The summed E-state index contributed by atoms with van der Waals surface area (Å²) < 4.78 is 3.88. The Morgan fingerprint density at radius 3 is 2.52 bits per heavy atom. The van der Waals surface area contributed by atoms with Gasteiger partial charge in [0, 0.05) is 35.9 Å². The molecule has 0 atom stereocenters. The highest BCUT2D eigenvalue weighted by atomic mass is 79.9. The maximum Gasteiger partial charge on any atom is 0.269 e. The molecule has 130 valence electrons. The summed E-state index contributed by atoms with van der Waals surface area (Å²) in [7, 11) is 3.46. The number of hydrogen-bond acceptors (Lipinski definition) is 3. The van der Waals surface area contributed by atoms with Crippen LogP contribution in [-0.4, -0.2) is 14.3 Å². The van der Waals surface area contributed by atoms with E-state index in [1.54, 1.807) is 24.9 Å². The quantitative estimate of drug-likeness (QED) is 0.790. The van der Waals surface area contributed by atoms with Crippen molar-refractivity contribution < 1.29 is 0 Å². The number of rotatable bonds is 4. The zero-order chi connectivity index (χ0) is 17.7. The van der Waals surface area contributed by atoms with Crippen LogP contribution in [0.1, 0.15) is 48.4 Å². The van der Waals surface area contributed by atoms with Crippen LogP contribution in [0.4, 0.5) is 0 Å². The summed E-state index contributed by atoms with van der Waals surface area (Å²) >= 11 is 3.46.